The molecule has 2 heterocycles. The number of benzene rings is 1. The third-order valence-corrected chi connectivity index (χ3v) is 5.63. The number of hydrogen-bond donors (Lipinski definition) is 1. The molecule has 0 bridgehead atoms. The fourth-order valence-corrected chi connectivity index (χ4v) is 3.97. The summed E-state index contributed by atoms with van der Waals surface area (Å²) in [5.41, 5.74) is 0.204. The van der Waals surface area contributed by atoms with Crippen LogP contribution in [0.25, 0.3) is 10.2 Å². The predicted octanol–water partition coefficient (Wildman–Crippen LogP) is 2.93. The molecule has 1 aromatic carbocycles. The molecule has 1 amide bonds. The molecule has 0 saturated heterocycles. The Hall–Kier alpha value is -3.07. The molecule has 9 heteroatoms. The van der Waals surface area contributed by atoms with Gasteiger partial charge in [-0.1, -0.05) is 13.8 Å². The first-order chi connectivity index (χ1) is 14.3. The zero-order chi connectivity index (χ0) is 21.8. The number of nitrogens with zero attached hydrogens (tertiary/aromatic N) is 2. The Kier molecular flexibility index (Phi) is 6.61. The lowest BCUT2D eigenvalue weighted by Gasteiger charge is -2.14. The molecule has 160 valence electrons. The predicted molar refractivity (Wildman–Crippen MR) is 118 cm³/mol. The fourth-order valence-electron chi connectivity index (χ4n) is 3.13. The van der Waals surface area contributed by atoms with Crippen molar-refractivity contribution in [2.24, 2.45) is 5.92 Å². The highest BCUT2D eigenvalue weighted by atomic mass is 32.1. The summed E-state index contributed by atoms with van der Waals surface area (Å²) in [6.45, 7) is 4.18. The molecule has 3 aromatic rings. The topological polar surface area (TPSA) is 91.6 Å². The van der Waals surface area contributed by atoms with E-state index >= 15 is 0 Å². The molecule has 0 fully saturated rings. The molecule has 2 aromatic heterocycles. The Morgan fingerprint density at radius 1 is 1.10 bits per heavy atom. The van der Waals surface area contributed by atoms with Gasteiger partial charge in [0.25, 0.3) is 5.56 Å². The van der Waals surface area contributed by atoms with Crippen molar-refractivity contribution in [1.82, 2.24) is 9.13 Å². The van der Waals surface area contributed by atoms with E-state index < -0.39 is 5.69 Å². The van der Waals surface area contributed by atoms with Crippen LogP contribution in [0.2, 0.25) is 0 Å². The van der Waals surface area contributed by atoms with Gasteiger partial charge in [0.05, 0.1) is 19.7 Å². The van der Waals surface area contributed by atoms with Gasteiger partial charge in [-0.05, 0) is 35.9 Å². The van der Waals surface area contributed by atoms with Crippen LogP contribution in [0.5, 0.6) is 11.5 Å². The van der Waals surface area contributed by atoms with Crippen LogP contribution >= 0.6 is 11.3 Å². The van der Waals surface area contributed by atoms with Crippen LogP contribution in [0.1, 0.15) is 20.3 Å². The van der Waals surface area contributed by atoms with Gasteiger partial charge in [0.15, 0.2) is 11.5 Å². The third kappa shape index (κ3) is 4.40. The lowest BCUT2D eigenvalue weighted by molar-refractivity contribution is -0.116. The van der Waals surface area contributed by atoms with Crippen molar-refractivity contribution >= 4 is 33.1 Å². The number of fused-ring (bicyclic) bond motifs is 1. The number of nitrogens with one attached hydrogen (secondary N) is 1. The van der Waals surface area contributed by atoms with Gasteiger partial charge in [0.2, 0.25) is 5.91 Å². The molecule has 0 unspecified atom stereocenters. The largest absolute Gasteiger partial charge is 0.493 e. The van der Waals surface area contributed by atoms with E-state index in [1.807, 2.05) is 13.8 Å². The number of carbonyl (C=O) groups is 1. The number of ether oxygens (including phenoxy) is 2. The SMILES string of the molecule is COc1ccc(NC(=O)Cn2c(=O)n(CCC(C)C)c(=O)c3sccc32)cc1OC. The van der Waals surface area contributed by atoms with Crippen LogP contribution < -0.4 is 26.0 Å². The van der Waals surface area contributed by atoms with E-state index in [9.17, 15) is 14.4 Å². The maximum absolute atomic E-state index is 13.0. The number of thiophene rings is 1. The van der Waals surface area contributed by atoms with Crippen molar-refractivity contribution in [3.63, 3.8) is 0 Å². The minimum Gasteiger partial charge on any atom is -0.493 e. The molecule has 30 heavy (non-hydrogen) atoms. The lowest BCUT2D eigenvalue weighted by atomic mass is 10.1. The molecule has 0 atom stereocenters. The van der Waals surface area contributed by atoms with Gasteiger partial charge in [-0.3, -0.25) is 18.7 Å². The smallest absolute Gasteiger partial charge is 0.332 e. The fraction of sp³-hybridized carbons (Fsp3) is 0.381. The van der Waals surface area contributed by atoms with Crippen LogP contribution in [0.4, 0.5) is 5.69 Å². The summed E-state index contributed by atoms with van der Waals surface area (Å²) in [5, 5.41) is 4.52. The monoisotopic (exact) mass is 431 g/mol. The molecule has 0 spiro atoms. The maximum Gasteiger partial charge on any atom is 0.332 e. The van der Waals surface area contributed by atoms with Gasteiger partial charge in [0, 0.05) is 18.3 Å². The number of rotatable bonds is 8. The summed E-state index contributed by atoms with van der Waals surface area (Å²) in [7, 11) is 3.04. The Bertz CT molecular complexity index is 1180. The zero-order valence-electron chi connectivity index (χ0n) is 17.4. The average molecular weight is 432 g/mol. The van der Waals surface area contributed by atoms with E-state index in [1.54, 1.807) is 29.6 Å². The van der Waals surface area contributed by atoms with E-state index in [2.05, 4.69) is 5.32 Å². The number of aromatic nitrogens is 2. The van der Waals surface area contributed by atoms with E-state index in [0.717, 1.165) is 0 Å². The van der Waals surface area contributed by atoms with E-state index in [4.69, 9.17) is 9.47 Å². The van der Waals surface area contributed by atoms with Crippen LogP contribution in [-0.4, -0.2) is 29.3 Å². The molecular formula is C21H25N3O5S. The van der Waals surface area contributed by atoms with Gasteiger partial charge < -0.3 is 14.8 Å². The second kappa shape index (κ2) is 9.17. The third-order valence-electron chi connectivity index (χ3n) is 4.74. The van der Waals surface area contributed by atoms with E-state index in [0.29, 0.717) is 46.3 Å². The summed E-state index contributed by atoms with van der Waals surface area (Å²) < 4.78 is 13.5. The Labute approximate surface area is 177 Å². The van der Waals surface area contributed by atoms with Crippen molar-refractivity contribution in [1.29, 1.82) is 0 Å². The first-order valence-corrected chi connectivity index (χ1v) is 10.5. The summed E-state index contributed by atoms with van der Waals surface area (Å²) >= 11 is 1.27. The van der Waals surface area contributed by atoms with Crippen LogP contribution in [0, 0.1) is 5.92 Å². The van der Waals surface area contributed by atoms with Crippen molar-refractivity contribution < 1.29 is 14.3 Å². The second-order valence-corrected chi connectivity index (χ2v) is 8.18. The van der Waals surface area contributed by atoms with Gasteiger partial charge in [-0.15, -0.1) is 11.3 Å². The summed E-state index contributed by atoms with van der Waals surface area (Å²) in [4.78, 5) is 38.4. The van der Waals surface area contributed by atoms with Crippen LogP contribution in [0.3, 0.4) is 0 Å². The summed E-state index contributed by atoms with van der Waals surface area (Å²) in [6.07, 6.45) is 0.698. The van der Waals surface area contributed by atoms with Crippen molar-refractivity contribution in [2.45, 2.75) is 33.4 Å². The van der Waals surface area contributed by atoms with Gasteiger partial charge in [-0.25, -0.2) is 4.79 Å². The van der Waals surface area contributed by atoms with Crippen LogP contribution in [0.15, 0.2) is 39.2 Å². The first kappa shape index (κ1) is 21.6. The molecule has 0 aliphatic carbocycles. The minimum atomic E-state index is -0.478. The van der Waals surface area contributed by atoms with Gasteiger partial charge in [0.1, 0.15) is 11.2 Å². The molecule has 0 aliphatic rings. The Morgan fingerprint density at radius 3 is 2.50 bits per heavy atom. The van der Waals surface area contributed by atoms with E-state index in [1.165, 1.54) is 34.7 Å². The molecule has 8 nitrogen and oxygen atoms in total. The molecule has 0 aliphatic heterocycles. The number of carbonyl (C=O) groups excluding carboxylic acids is 1. The maximum atomic E-state index is 13.0. The lowest BCUT2D eigenvalue weighted by Crippen LogP contribution is -2.41. The molecule has 0 radical (unpaired) electrons. The Balaban J connectivity index is 1.91. The molecule has 1 N–H and O–H groups in total. The number of hydrogen-bond acceptors (Lipinski definition) is 6. The Morgan fingerprint density at radius 2 is 1.83 bits per heavy atom. The summed E-state index contributed by atoms with van der Waals surface area (Å²) in [5.74, 6) is 0.988. The van der Waals surface area contributed by atoms with Gasteiger partial charge >= 0.3 is 5.69 Å². The zero-order valence-corrected chi connectivity index (χ0v) is 18.2. The highest BCUT2D eigenvalue weighted by Gasteiger charge is 2.17. The standard InChI is InChI=1S/C21H25N3O5S/c1-13(2)7-9-23-20(26)19-15(8-10-30-19)24(21(23)27)12-18(25)22-14-5-6-16(28-3)17(11-14)29-4/h5-6,8,10-11,13H,7,9,12H2,1-4H3,(H,22,25). The van der Waals surface area contributed by atoms with Gasteiger partial charge in [-0.2, -0.15) is 0 Å². The normalized spacial score (nSPS) is 11.1. The highest BCUT2D eigenvalue weighted by Crippen LogP contribution is 2.29. The molecular weight excluding hydrogens is 406 g/mol. The summed E-state index contributed by atoms with van der Waals surface area (Å²) in [6, 6.07) is 6.71. The van der Waals surface area contributed by atoms with E-state index in [-0.39, 0.29) is 18.0 Å². The quantitative estimate of drug-likeness (QED) is 0.592. The van der Waals surface area contributed by atoms with Crippen molar-refractivity contribution in [3.8, 4) is 11.5 Å². The van der Waals surface area contributed by atoms with Crippen LogP contribution in [-0.2, 0) is 17.9 Å². The molecule has 0 saturated carbocycles. The number of methoxy groups -OCH3 is 2. The average Bonchev–Trinajstić information content (AvgIpc) is 3.20. The van der Waals surface area contributed by atoms with Crippen molar-refractivity contribution in [3.05, 3.63) is 50.5 Å². The first-order valence-electron chi connectivity index (χ1n) is 9.58. The molecule has 3 rings (SSSR count). The number of amides is 1. The minimum absolute atomic E-state index is 0.206. The second-order valence-electron chi connectivity index (χ2n) is 7.26. The van der Waals surface area contributed by atoms with Crippen molar-refractivity contribution in [2.75, 3.05) is 19.5 Å². The number of anilines is 1. The highest BCUT2D eigenvalue weighted by molar-refractivity contribution is 7.17.